The number of hydrogen-bond acceptors (Lipinski definition) is 5. The van der Waals surface area contributed by atoms with Gasteiger partial charge in [0.25, 0.3) is 5.91 Å². The van der Waals surface area contributed by atoms with Gasteiger partial charge in [-0.3, -0.25) is 9.69 Å². The van der Waals surface area contributed by atoms with Crippen LogP contribution in [-0.4, -0.2) is 74.1 Å². The molecule has 0 bridgehead atoms. The Morgan fingerprint density at radius 1 is 1.21 bits per heavy atom. The van der Waals surface area contributed by atoms with Crippen LogP contribution in [0.15, 0.2) is 18.2 Å². The number of piperazine rings is 1. The van der Waals surface area contributed by atoms with Crippen molar-refractivity contribution in [1.29, 1.82) is 0 Å². The summed E-state index contributed by atoms with van der Waals surface area (Å²) >= 11 is 0. The van der Waals surface area contributed by atoms with E-state index in [2.05, 4.69) is 15.2 Å². The van der Waals surface area contributed by atoms with Crippen molar-refractivity contribution in [3.8, 4) is 0 Å². The molecule has 1 amide bonds. The molecule has 2 atom stereocenters. The Morgan fingerprint density at radius 3 is 2.71 bits per heavy atom. The molecule has 2 aliphatic rings. The van der Waals surface area contributed by atoms with Crippen molar-refractivity contribution in [3.05, 3.63) is 23.8 Å². The van der Waals surface area contributed by atoms with Crippen molar-refractivity contribution in [2.75, 3.05) is 26.2 Å². The molecular weight excluding hydrogens is 306 g/mol. The molecule has 0 unspecified atom stereocenters. The quantitative estimate of drug-likeness (QED) is 0.875. The third kappa shape index (κ3) is 2.67. The van der Waals surface area contributed by atoms with Crippen molar-refractivity contribution >= 4 is 16.9 Å². The van der Waals surface area contributed by atoms with Crippen molar-refractivity contribution in [1.82, 2.24) is 24.8 Å². The highest BCUT2D eigenvalue weighted by atomic mass is 16.3. The molecule has 7 heteroatoms. The molecule has 1 saturated heterocycles. The summed E-state index contributed by atoms with van der Waals surface area (Å²) in [5, 5.41) is 18.1. The second-order valence-corrected chi connectivity index (χ2v) is 6.81. The fourth-order valence-electron chi connectivity index (χ4n) is 3.96. The van der Waals surface area contributed by atoms with Crippen LogP contribution in [0.2, 0.25) is 0 Å². The number of aromatic nitrogens is 3. The molecule has 1 N–H and O–H groups in total. The molecule has 1 saturated carbocycles. The number of amides is 1. The number of benzene rings is 1. The number of aryl methyl sites for hydroxylation is 1. The highest BCUT2D eigenvalue weighted by molar-refractivity contribution is 5.97. The summed E-state index contributed by atoms with van der Waals surface area (Å²) in [6.45, 7) is 3.09. The van der Waals surface area contributed by atoms with Crippen LogP contribution in [0.25, 0.3) is 11.0 Å². The number of hydrogen-bond donors (Lipinski definition) is 1. The topological polar surface area (TPSA) is 74.5 Å². The Balaban J connectivity index is 1.43. The summed E-state index contributed by atoms with van der Waals surface area (Å²) in [6.07, 6.45) is 2.87. The zero-order valence-corrected chi connectivity index (χ0v) is 13.9. The molecule has 1 aliphatic carbocycles. The number of nitrogens with zero attached hydrogens (tertiary/aromatic N) is 5. The van der Waals surface area contributed by atoms with E-state index >= 15 is 0 Å². The van der Waals surface area contributed by atoms with E-state index in [-0.39, 0.29) is 18.1 Å². The van der Waals surface area contributed by atoms with Crippen LogP contribution in [0, 0.1) is 0 Å². The number of aliphatic hydroxyl groups is 1. The maximum atomic E-state index is 12.7. The zero-order valence-electron chi connectivity index (χ0n) is 13.9. The van der Waals surface area contributed by atoms with Gasteiger partial charge in [-0.05, 0) is 37.5 Å². The van der Waals surface area contributed by atoms with Gasteiger partial charge in [0.2, 0.25) is 0 Å². The Labute approximate surface area is 140 Å². The molecule has 7 nitrogen and oxygen atoms in total. The lowest BCUT2D eigenvalue weighted by Crippen LogP contribution is -2.53. The fraction of sp³-hybridized carbons (Fsp3) is 0.588. The molecule has 4 rings (SSSR count). The smallest absolute Gasteiger partial charge is 0.254 e. The molecule has 128 valence electrons. The molecule has 1 aromatic carbocycles. The van der Waals surface area contributed by atoms with Crippen LogP contribution in [0.1, 0.15) is 29.6 Å². The summed E-state index contributed by atoms with van der Waals surface area (Å²) in [5.41, 5.74) is 2.33. The highest BCUT2D eigenvalue weighted by Crippen LogP contribution is 2.25. The fourth-order valence-corrected chi connectivity index (χ4v) is 3.96. The summed E-state index contributed by atoms with van der Waals surface area (Å²) in [7, 11) is 1.84. The van der Waals surface area contributed by atoms with Gasteiger partial charge in [-0.1, -0.05) is 5.21 Å². The van der Waals surface area contributed by atoms with Crippen LogP contribution in [0.3, 0.4) is 0 Å². The van der Waals surface area contributed by atoms with E-state index in [9.17, 15) is 9.90 Å². The first kappa shape index (κ1) is 15.5. The van der Waals surface area contributed by atoms with E-state index in [0.29, 0.717) is 18.7 Å². The molecule has 0 spiro atoms. The summed E-state index contributed by atoms with van der Waals surface area (Å²) in [4.78, 5) is 17.0. The van der Waals surface area contributed by atoms with Gasteiger partial charge in [0.05, 0.1) is 11.6 Å². The first-order valence-electron chi connectivity index (χ1n) is 8.64. The first-order valence-corrected chi connectivity index (χ1v) is 8.64. The minimum Gasteiger partial charge on any atom is -0.391 e. The number of rotatable bonds is 2. The van der Waals surface area contributed by atoms with E-state index in [1.165, 1.54) is 0 Å². The van der Waals surface area contributed by atoms with Crippen LogP contribution in [0.5, 0.6) is 0 Å². The molecule has 2 fully saturated rings. The van der Waals surface area contributed by atoms with E-state index in [1.54, 1.807) is 4.68 Å². The average molecular weight is 329 g/mol. The Morgan fingerprint density at radius 2 is 2.00 bits per heavy atom. The van der Waals surface area contributed by atoms with Gasteiger partial charge >= 0.3 is 0 Å². The van der Waals surface area contributed by atoms with Crippen LogP contribution < -0.4 is 0 Å². The van der Waals surface area contributed by atoms with Gasteiger partial charge in [0.1, 0.15) is 5.52 Å². The van der Waals surface area contributed by atoms with Crippen molar-refractivity contribution < 1.29 is 9.90 Å². The van der Waals surface area contributed by atoms with Gasteiger partial charge in [-0.2, -0.15) is 0 Å². The Bertz CT molecular complexity index is 751. The predicted molar refractivity (Wildman–Crippen MR) is 89.6 cm³/mol. The molecule has 1 aromatic heterocycles. The second-order valence-electron chi connectivity index (χ2n) is 6.81. The maximum Gasteiger partial charge on any atom is 0.254 e. The van der Waals surface area contributed by atoms with Crippen LogP contribution in [-0.2, 0) is 7.05 Å². The van der Waals surface area contributed by atoms with Crippen molar-refractivity contribution in [2.24, 2.45) is 7.05 Å². The van der Waals surface area contributed by atoms with Crippen LogP contribution in [0.4, 0.5) is 0 Å². The van der Waals surface area contributed by atoms with Gasteiger partial charge in [0.15, 0.2) is 0 Å². The lowest BCUT2D eigenvalue weighted by atomic mass is 10.1. The van der Waals surface area contributed by atoms with Gasteiger partial charge in [0, 0.05) is 44.8 Å². The normalized spacial score (nSPS) is 25.5. The van der Waals surface area contributed by atoms with E-state index < -0.39 is 0 Å². The van der Waals surface area contributed by atoms with Crippen molar-refractivity contribution in [2.45, 2.75) is 31.4 Å². The molecule has 0 radical (unpaired) electrons. The maximum absolute atomic E-state index is 12.7. The summed E-state index contributed by atoms with van der Waals surface area (Å²) < 4.78 is 1.70. The van der Waals surface area contributed by atoms with Gasteiger partial charge < -0.3 is 10.0 Å². The lowest BCUT2D eigenvalue weighted by molar-refractivity contribution is 0.0315. The Hall–Kier alpha value is -1.99. The average Bonchev–Trinajstić information content (AvgIpc) is 3.20. The third-order valence-corrected chi connectivity index (χ3v) is 5.37. The van der Waals surface area contributed by atoms with E-state index in [4.69, 9.17) is 0 Å². The van der Waals surface area contributed by atoms with E-state index in [1.807, 2.05) is 30.1 Å². The molecule has 2 aromatic rings. The zero-order chi connectivity index (χ0) is 16.7. The standard InChI is InChI=1S/C17H23N5O2/c1-20-14-6-5-12(11-13(14)18-19-20)17(24)22-9-7-21(8-10-22)15-3-2-4-16(15)23/h5-6,11,15-16,23H,2-4,7-10H2,1H3/t15-,16-/m0/s1. The highest BCUT2D eigenvalue weighted by Gasteiger charge is 2.33. The monoisotopic (exact) mass is 329 g/mol. The minimum atomic E-state index is -0.202. The number of carbonyl (C=O) groups is 1. The summed E-state index contributed by atoms with van der Waals surface area (Å²) in [5.74, 6) is 0.0502. The molecule has 1 aliphatic heterocycles. The SMILES string of the molecule is Cn1nnc2cc(C(=O)N3CCN([C@H]4CCC[C@@H]4O)CC3)ccc21. The minimum absolute atomic E-state index is 0.0502. The van der Waals surface area contributed by atoms with Crippen molar-refractivity contribution in [3.63, 3.8) is 0 Å². The predicted octanol–water partition coefficient (Wildman–Crippen LogP) is 0.639. The number of fused-ring (bicyclic) bond motifs is 1. The largest absolute Gasteiger partial charge is 0.391 e. The Kier molecular flexibility index (Phi) is 3.97. The summed E-state index contributed by atoms with van der Waals surface area (Å²) in [6, 6.07) is 5.84. The van der Waals surface area contributed by atoms with Crippen LogP contribution >= 0.6 is 0 Å². The second kappa shape index (κ2) is 6.14. The third-order valence-electron chi connectivity index (χ3n) is 5.37. The van der Waals surface area contributed by atoms with Gasteiger partial charge in [-0.25, -0.2) is 4.68 Å². The molecule has 2 heterocycles. The first-order chi connectivity index (χ1) is 11.6. The lowest BCUT2D eigenvalue weighted by Gasteiger charge is -2.39. The number of aliphatic hydroxyl groups excluding tert-OH is 1. The van der Waals surface area contributed by atoms with E-state index in [0.717, 1.165) is 43.4 Å². The van der Waals surface area contributed by atoms with Gasteiger partial charge in [-0.15, -0.1) is 5.10 Å². The number of carbonyl (C=O) groups excluding carboxylic acids is 1. The molecular formula is C17H23N5O2. The molecule has 24 heavy (non-hydrogen) atoms.